The van der Waals surface area contributed by atoms with Crippen LogP contribution in [0, 0.1) is 11.8 Å². The lowest BCUT2D eigenvalue weighted by molar-refractivity contribution is -0.134. The topological polar surface area (TPSA) is 81.7 Å². The Labute approximate surface area is 204 Å². The minimum atomic E-state index is -0.529. The third-order valence-electron chi connectivity index (χ3n) is 8.06. The molecule has 2 aromatic carbocycles. The average molecular weight is 468 g/mol. The lowest BCUT2D eigenvalue weighted by Crippen LogP contribution is -2.46. The molecule has 2 amide bonds. The number of hydrogen-bond donors (Lipinski definition) is 1. The molecule has 3 aromatic rings. The summed E-state index contributed by atoms with van der Waals surface area (Å²) < 4.78 is 0. The third-order valence-corrected chi connectivity index (χ3v) is 8.06. The molecular weight excluding hydrogens is 438 g/mol. The van der Waals surface area contributed by atoms with Crippen LogP contribution in [0.25, 0.3) is 22.0 Å². The zero-order chi connectivity index (χ0) is 23.6. The number of amidine groups is 1. The van der Waals surface area contributed by atoms with Crippen molar-refractivity contribution >= 4 is 28.6 Å². The second kappa shape index (κ2) is 7.77. The monoisotopic (exact) mass is 467 g/mol. The Kier molecular flexibility index (Phi) is 4.63. The fraction of sp³-hybridized carbons (Fsp3) is 0.429. The number of H-pyrrole nitrogens is 1. The number of fused-ring (bicyclic) bond motifs is 1. The average Bonchev–Trinajstić information content (AvgIpc) is 3.81. The summed E-state index contributed by atoms with van der Waals surface area (Å²) in [6.07, 6.45) is 7.65. The highest BCUT2D eigenvalue weighted by Crippen LogP contribution is 2.46. The first-order valence-electron chi connectivity index (χ1n) is 12.8. The summed E-state index contributed by atoms with van der Waals surface area (Å²) in [7, 11) is 0. The molecule has 7 rings (SSSR count). The molecule has 1 saturated heterocycles. The number of carbonyl (C=O) groups excluding carboxylic acids is 2. The van der Waals surface area contributed by atoms with Crippen LogP contribution >= 0.6 is 0 Å². The van der Waals surface area contributed by atoms with Gasteiger partial charge in [-0.15, -0.1) is 0 Å². The number of aromatic nitrogens is 2. The Morgan fingerprint density at radius 2 is 1.80 bits per heavy atom. The van der Waals surface area contributed by atoms with Crippen molar-refractivity contribution in [3.63, 3.8) is 0 Å². The van der Waals surface area contributed by atoms with Gasteiger partial charge >= 0.3 is 0 Å². The number of rotatable bonds is 5. The fourth-order valence-corrected chi connectivity index (χ4v) is 5.69. The predicted octanol–water partition coefficient (Wildman–Crippen LogP) is 4.00. The summed E-state index contributed by atoms with van der Waals surface area (Å²) in [5.41, 5.74) is 3.73. The van der Waals surface area contributed by atoms with Gasteiger partial charge in [0, 0.05) is 36.5 Å². The van der Waals surface area contributed by atoms with E-state index in [9.17, 15) is 9.59 Å². The van der Waals surface area contributed by atoms with Gasteiger partial charge in [0.15, 0.2) is 0 Å². The molecule has 2 saturated carbocycles. The minimum absolute atomic E-state index is 0.146. The van der Waals surface area contributed by atoms with Gasteiger partial charge in [-0.25, -0.2) is 0 Å². The summed E-state index contributed by atoms with van der Waals surface area (Å²) in [6.45, 7) is 2.26. The second-order valence-corrected chi connectivity index (χ2v) is 10.7. The standard InChI is InChI=1S/C28H29N5O2/c34-26(21-7-8-21)32-13-1-2-18(16-32)17-33-25(30-28(11-12-28)27(33)35)20-5-3-19(4-6-20)22-9-10-24-23(14-22)15-29-31-24/h3-6,9-10,14-15,18,21H,1-2,7-8,11-13,16-17H2,(H,29,31)/t18-/m0/s1. The van der Waals surface area contributed by atoms with Gasteiger partial charge in [-0.05, 0) is 67.7 Å². The van der Waals surface area contributed by atoms with Crippen molar-refractivity contribution in [3.8, 4) is 11.1 Å². The zero-order valence-corrected chi connectivity index (χ0v) is 19.7. The minimum Gasteiger partial charge on any atom is -0.342 e. The van der Waals surface area contributed by atoms with E-state index < -0.39 is 5.54 Å². The molecule has 1 spiro atoms. The van der Waals surface area contributed by atoms with Crippen molar-refractivity contribution in [2.75, 3.05) is 19.6 Å². The summed E-state index contributed by atoms with van der Waals surface area (Å²) in [5.74, 6) is 1.82. The highest BCUT2D eigenvalue weighted by molar-refractivity contribution is 6.16. The van der Waals surface area contributed by atoms with Gasteiger partial charge in [0.25, 0.3) is 5.91 Å². The molecule has 7 heteroatoms. The van der Waals surface area contributed by atoms with E-state index in [0.29, 0.717) is 18.4 Å². The molecule has 2 aliphatic heterocycles. The van der Waals surface area contributed by atoms with Crippen LogP contribution in [0.4, 0.5) is 0 Å². The van der Waals surface area contributed by atoms with Crippen molar-refractivity contribution in [1.82, 2.24) is 20.0 Å². The Morgan fingerprint density at radius 3 is 2.57 bits per heavy atom. The summed E-state index contributed by atoms with van der Waals surface area (Å²) in [5, 5.41) is 8.19. The van der Waals surface area contributed by atoms with Gasteiger partial charge in [-0.3, -0.25) is 24.6 Å². The highest BCUT2D eigenvalue weighted by Gasteiger charge is 2.57. The second-order valence-electron chi connectivity index (χ2n) is 10.7. The first-order valence-corrected chi connectivity index (χ1v) is 12.8. The van der Waals surface area contributed by atoms with Crippen LogP contribution in [-0.4, -0.2) is 62.8 Å². The number of amides is 2. The Balaban J connectivity index is 1.12. The molecule has 1 aromatic heterocycles. The molecule has 178 valence electrons. The summed E-state index contributed by atoms with van der Waals surface area (Å²) in [4.78, 5) is 34.9. The van der Waals surface area contributed by atoms with Gasteiger partial charge in [0.05, 0.1) is 11.7 Å². The number of hydrogen-bond acceptors (Lipinski definition) is 4. The number of aliphatic imine (C=N–C) groups is 1. The lowest BCUT2D eigenvalue weighted by Gasteiger charge is -2.35. The SMILES string of the molecule is O=C(C1CC1)N1CCC[C@H](CN2C(=O)C3(CC3)N=C2c2ccc(-c3ccc4[nH]ncc4c3)cc2)C1. The van der Waals surface area contributed by atoms with E-state index in [1.165, 1.54) is 0 Å². The van der Waals surface area contributed by atoms with E-state index in [2.05, 4.69) is 46.6 Å². The molecular formula is C28H29N5O2. The number of piperidine rings is 1. The van der Waals surface area contributed by atoms with E-state index in [4.69, 9.17) is 4.99 Å². The number of carbonyl (C=O) groups is 2. The lowest BCUT2D eigenvalue weighted by atomic mass is 9.96. The first kappa shape index (κ1) is 20.9. The molecule has 4 aliphatic rings. The molecule has 3 fully saturated rings. The van der Waals surface area contributed by atoms with Crippen molar-refractivity contribution in [1.29, 1.82) is 0 Å². The van der Waals surface area contributed by atoms with E-state index in [1.807, 2.05) is 22.1 Å². The molecule has 35 heavy (non-hydrogen) atoms. The van der Waals surface area contributed by atoms with Crippen molar-refractivity contribution in [2.45, 2.75) is 44.1 Å². The maximum Gasteiger partial charge on any atom is 0.256 e. The van der Waals surface area contributed by atoms with Crippen LogP contribution in [0.15, 0.2) is 53.7 Å². The van der Waals surface area contributed by atoms with Crippen molar-refractivity contribution in [2.24, 2.45) is 16.8 Å². The van der Waals surface area contributed by atoms with Gasteiger partial charge in [-0.1, -0.05) is 30.3 Å². The Hall–Kier alpha value is -3.48. The maximum absolute atomic E-state index is 13.4. The van der Waals surface area contributed by atoms with E-state index in [1.54, 1.807) is 0 Å². The highest BCUT2D eigenvalue weighted by atomic mass is 16.2. The molecule has 3 heterocycles. The molecule has 0 unspecified atom stereocenters. The molecule has 0 bridgehead atoms. The van der Waals surface area contributed by atoms with Gasteiger partial charge < -0.3 is 4.90 Å². The van der Waals surface area contributed by atoms with E-state index >= 15 is 0 Å². The fourth-order valence-electron chi connectivity index (χ4n) is 5.69. The molecule has 0 radical (unpaired) electrons. The first-order chi connectivity index (χ1) is 17.1. The number of nitrogens with one attached hydrogen (secondary N) is 1. The summed E-state index contributed by atoms with van der Waals surface area (Å²) in [6, 6.07) is 14.7. The summed E-state index contributed by atoms with van der Waals surface area (Å²) >= 11 is 0. The Morgan fingerprint density at radius 1 is 1.03 bits per heavy atom. The largest absolute Gasteiger partial charge is 0.342 e. The molecule has 1 N–H and O–H groups in total. The van der Waals surface area contributed by atoms with Crippen LogP contribution in [0.1, 0.15) is 44.1 Å². The van der Waals surface area contributed by atoms with Crippen LogP contribution in [0.2, 0.25) is 0 Å². The Bertz CT molecular complexity index is 1350. The zero-order valence-electron chi connectivity index (χ0n) is 19.7. The van der Waals surface area contributed by atoms with E-state index in [-0.39, 0.29) is 11.8 Å². The van der Waals surface area contributed by atoms with Gasteiger partial charge in [0.1, 0.15) is 11.4 Å². The smallest absolute Gasteiger partial charge is 0.256 e. The van der Waals surface area contributed by atoms with E-state index in [0.717, 1.165) is 85.0 Å². The molecule has 7 nitrogen and oxygen atoms in total. The third kappa shape index (κ3) is 3.65. The number of likely N-dealkylation sites (tertiary alicyclic amines) is 1. The van der Waals surface area contributed by atoms with Crippen LogP contribution in [0.5, 0.6) is 0 Å². The number of aromatic amines is 1. The predicted molar refractivity (Wildman–Crippen MR) is 134 cm³/mol. The van der Waals surface area contributed by atoms with Crippen LogP contribution in [-0.2, 0) is 9.59 Å². The normalized spacial score (nSPS) is 23.3. The number of nitrogens with zero attached hydrogens (tertiary/aromatic N) is 4. The van der Waals surface area contributed by atoms with Crippen molar-refractivity contribution < 1.29 is 9.59 Å². The van der Waals surface area contributed by atoms with Gasteiger partial charge in [-0.2, -0.15) is 5.10 Å². The van der Waals surface area contributed by atoms with Crippen LogP contribution < -0.4 is 0 Å². The van der Waals surface area contributed by atoms with Crippen LogP contribution in [0.3, 0.4) is 0 Å². The van der Waals surface area contributed by atoms with Crippen molar-refractivity contribution in [3.05, 3.63) is 54.2 Å². The number of benzene rings is 2. The molecule has 2 aliphatic carbocycles. The van der Waals surface area contributed by atoms with Gasteiger partial charge in [0.2, 0.25) is 5.91 Å². The maximum atomic E-state index is 13.4. The molecule has 1 atom stereocenters. The quantitative estimate of drug-likeness (QED) is 0.616.